The highest BCUT2D eigenvalue weighted by Gasteiger charge is 2.21. The number of rotatable bonds is 3. The first kappa shape index (κ1) is 19.6. The maximum Gasteiger partial charge on any atom is 0.187 e. The summed E-state index contributed by atoms with van der Waals surface area (Å²) in [5, 5.41) is 4.02. The first-order chi connectivity index (χ1) is 13.8. The molecule has 0 saturated heterocycles. The van der Waals surface area contributed by atoms with Crippen LogP contribution in [0.3, 0.4) is 0 Å². The molecular weight excluding hydrogens is 380 g/mol. The summed E-state index contributed by atoms with van der Waals surface area (Å²) in [5.74, 6) is 0.684. The Morgan fingerprint density at radius 1 is 0.828 bits per heavy atom. The Labute approximate surface area is 173 Å². The second-order valence-electron chi connectivity index (χ2n) is 8.24. The third-order valence-corrected chi connectivity index (χ3v) is 6.11. The lowest BCUT2D eigenvalue weighted by Gasteiger charge is -2.21. The fraction of sp³-hybridized carbons (Fsp3) is 0.200. The Hall–Kier alpha value is -2.69. The van der Waals surface area contributed by atoms with E-state index in [-0.39, 0.29) is 5.41 Å². The molecule has 4 aromatic carbocycles. The number of fused-ring (bicyclic) bond motifs is 2. The minimum Gasteiger partial charge on any atom is -0.496 e. The van der Waals surface area contributed by atoms with E-state index in [9.17, 15) is 8.76 Å². The normalized spacial score (nSPS) is 13.0. The van der Waals surface area contributed by atoms with Crippen molar-refractivity contribution in [3.63, 3.8) is 0 Å². The molecule has 0 amide bonds. The lowest BCUT2D eigenvalue weighted by molar-refractivity contribution is 0.417. The molecule has 0 heterocycles. The van der Waals surface area contributed by atoms with Crippen molar-refractivity contribution in [2.45, 2.75) is 31.1 Å². The second kappa shape index (κ2) is 7.29. The van der Waals surface area contributed by atoms with Crippen LogP contribution >= 0.6 is 0 Å². The van der Waals surface area contributed by atoms with Crippen LogP contribution in [-0.2, 0) is 16.5 Å². The van der Waals surface area contributed by atoms with Crippen LogP contribution in [0.25, 0.3) is 32.7 Å². The summed E-state index contributed by atoms with van der Waals surface area (Å²) in [4.78, 5) is 0.384. The first-order valence-electron chi connectivity index (χ1n) is 9.55. The molecule has 148 valence electrons. The minimum atomic E-state index is -2.12. The molecule has 4 aromatic rings. The third kappa shape index (κ3) is 3.43. The first-order valence-corrected chi connectivity index (χ1v) is 10.7. The third-order valence-electron chi connectivity index (χ3n) is 5.40. The smallest absolute Gasteiger partial charge is 0.187 e. The van der Waals surface area contributed by atoms with Crippen molar-refractivity contribution in [1.29, 1.82) is 0 Å². The molecule has 29 heavy (non-hydrogen) atoms. The molecule has 1 atom stereocenters. The summed E-state index contributed by atoms with van der Waals surface area (Å²) >= 11 is -2.12. The molecule has 1 N–H and O–H groups in total. The van der Waals surface area contributed by atoms with Crippen LogP contribution in [0.2, 0.25) is 0 Å². The summed E-state index contributed by atoms with van der Waals surface area (Å²) in [7, 11) is 1.63. The fourth-order valence-corrected chi connectivity index (χ4v) is 4.43. The van der Waals surface area contributed by atoms with Gasteiger partial charge in [0.15, 0.2) is 11.1 Å². The van der Waals surface area contributed by atoms with Gasteiger partial charge < -0.3 is 9.29 Å². The predicted molar refractivity (Wildman–Crippen MR) is 121 cm³/mol. The van der Waals surface area contributed by atoms with Gasteiger partial charge in [0.25, 0.3) is 0 Å². The van der Waals surface area contributed by atoms with E-state index in [4.69, 9.17) is 4.74 Å². The van der Waals surface area contributed by atoms with Crippen LogP contribution in [0.4, 0.5) is 0 Å². The monoisotopic (exact) mass is 404 g/mol. The molecule has 0 radical (unpaired) electrons. The molecule has 0 bridgehead atoms. The van der Waals surface area contributed by atoms with Gasteiger partial charge in [-0.05, 0) is 44.7 Å². The van der Waals surface area contributed by atoms with E-state index in [0.29, 0.717) is 10.6 Å². The molecule has 4 heteroatoms. The number of hydrogen-bond acceptors (Lipinski definition) is 2. The molecule has 0 spiro atoms. The Bertz CT molecular complexity index is 1250. The highest BCUT2D eigenvalue weighted by atomic mass is 32.2. The van der Waals surface area contributed by atoms with Crippen LogP contribution in [-0.4, -0.2) is 15.9 Å². The molecule has 0 fully saturated rings. The van der Waals surface area contributed by atoms with E-state index < -0.39 is 11.1 Å². The SMILES string of the molecule is COc1ccc2cc(C(C)(C)C)ccc2c1-c1c(S(=O)O)ccc2ccccc12. The Morgan fingerprint density at radius 3 is 2.21 bits per heavy atom. The van der Waals surface area contributed by atoms with Crippen LogP contribution in [0.5, 0.6) is 5.75 Å². The summed E-state index contributed by atoms with van der Waals surface area (Å²) in [6, 6.07) is 21.9. The van der Waals surface area contributed by atoms with E-state index in [1.165, 1.54) is 5.56 Å². The summed E-state index contributed by atoms with van der Waals surface area (Å²) in [6.07, 6.45) is 0. The molecular formula is C25H24O3S. The van der Waals surface area contributed by atoms with E-state index in [1.54, 1.807) is 13.2 Å². The van der Waals surface area contributed by atoms with Gasteiger partial charge in [0.1, 0.15) is 5.75 Å². The van der Waals surface area contributed by atoms with Crippen molar-refractivity contribution in [1.82, 2.24) is 0 Å². The standard InChI is InChI=1S/C25H24O3S/c1-25(2,3)18-11-12-20-17(15-18)9-13-21(28-4)23(20)24-19-8-6-5-7-16(19)10-14-22(24)29(26)27/h5-15H,1-4H3,(H,26,27). The van der Waals surface area contributed by atoms with Gasteiger partial charge in [0.2, 0.25) is 0 Å². The quantitative estimate of drug-likeness (QED) is 0.394. The van der Waals surface area contributed by atoms with E-state index >= 15 is 0 Å². The fourth-order valence-electron chi connectivity index (χ4n) is 3.86. The largest absolute Gasteiger partial charge is 0.496 e. The molecule has 0 aliphatic rings. The maximum atomic E-state index is 12.2. The molecule has 0 aliphatic carbocycles. The van der Waals surface area contributed by atoms with Gasteiger partial charge in [0, 0.05) is 11.1 Å². The number of methoxy groups -OCH3 is 1. The van der Waals surface area contributed by atoms with E-state index in [2.05, 4.69) is 39.0 Å². The molecule has 0 saturated carbocycles. The summed E-state index contributed by atoms with van der Waals surface area (Å²) in [5.41, 5.74) is 2.87. The maximum absolute atomic E-state index is 12.2. The van der Waals surface area contributed by atoms with Gasteiger partial charge in [-0.25, -0.2) is 4.21 Å². The zero-order chi connectivity index (χ0) is 20.8. The van der Waals surface area contributed by atoms with Crippen molar-refractivity contribution in [2.75, 3.05) is 7.11 Å². The van der Waals surface area contributed by atoms with Crippen molar-refractivity contribution >= 4 is 32.6 Å². The molecule has 1 unspecified atom stereocenters. The van der Waals surface area contributed by atoms with Crippen molar-refractivity contribution in [2.24, 2.45) is 0 Å². The number of ether oxygens (including phenoxy) is 1. The molecule has 0 aliphatic heterocycles. The average Bonchev–Trinajstić information content (AvgIpc) is 2.70. The van der Waals surface area contributed by atoms with E-state index in [0.717, 1.165) is 32.7 Å². The van der Waals surface area contributed by atoms with Gasteiger partial charge in [-0.2, -0.15) is 0 Å². The summed E-state index contributed by atoms with van der Waals surface area (Å²) < 4.78 is 28.0. The zero-order valence-corrected chi connectivity index (χ0v) is 17.8. The van der Waals surface area contributed by atoms with Gasteiger partial charge in [-0.1, -0.05) is 75.4 Å². The molecule has 3 nitrogen and oxygen atoms in total. The van der Waals surface area contributed by atoms with Gasteiger partial charge in [-0.15, -0.1) is 0 Å². The van der Waals surface area contributed by atoms with Crippen LogP contribution in [0.1, 0.15) is 26.3 Å². The Kier molecular flexibility index (Phi) is 4.93. The van der Waals surface area contributed by atoms with Crippen LogP contribution in [0, 0.1) is 0 Å². The number of benzene rings is 4. The lowest BCUT2D eigenvalue weighted by Crippen LogP contribution is -2.10. The highest BCUT2D eigenvalue weighted by Crippen LogP contribution is 2.44. The Balaban J connectivity index is 2.16. The Morgan fingerprint density at radius 2 is 1.52 bits per heavy atom. The topological polar surface area (TPSA) is 46.5 Å². The van der Waals surface area contributed by atoms with Crippen molar-refractivity contribution in [3.05, 3.63) is 72.3 Å². The average molecular weight is 405 g/mol. The zero-order valence-electron chi connectivity index (χ0n) is 17.0. The predicted octanol–water partition coefficient (Wildman–Crippen LogP) is 6.55. The second-order valence-corrected chi connectivity index (χ2v) is 9.18. The van der Waals surface area contributed by atoms with Gasteiger partial charge >= 0.3 is 0 Å². The highest BCUT2D eigenvalue weighted by molar-refractivity contribution is 7.79. The lowest BCUT2D eigenvalue weighted by atomic mass is 9.84. The molecule has 4 rings (SSSR count). The van der Waals surface area contributed by atoms with Gasteiger partial charge in [-0.3, -0.25) is 0 Å². The van der Waals surface area contributed by atoms with Gasteiger partial charge in [0.05, 0.1) is 12.0 Å². The van der Waals surface area contributed by atoms with Crippen molar-refractivity contribution < 1.29 is 13.5 Å². The number of hydrogen-bond donors (Lipinski definition) is 1. The van der Waals surface area contributed by atoms with Crippen molar-refractivity contribution in [3.8, 4) is 16.9 Å². The minimum absolute atomic E-state index is 0.0332. The summed E-state index contributed by atoms with van der Waals surface area (Å²) in [6.45, 7) is 6.57. The molecule has 0 aromatic heterocycles. The van der Waals surface area contributed by atoms with E-state index in [1.807, 2.05) is 42.5 Å². The van der Waals surface area contributed by atoms with Crippen LogP contribution in [0.15, 0.2) is 71.6 Å². The van der Waals surface area contributed by atoms with Crippen LogP contribution < -0.4 is 4.74 Å².